The van der Waals surface area contributed by atoms with Gasteiger partial charge in [0.25, 0.3) is 0 Å². The fraction of sp³-hybridized carbons (Fsp3) is 0. The summed E-state index contributed by atoms with van der Waals surface area (Å²) in [4.78, 5) is 7.13. The van der Waals surface area contributed by atoms with Gasteiger partial charge in [-0.05, 0) is 80.0 Å². The van der Waals surface area contributed by atoms with E-state index in [0.29, 0.717) is 5.71 Å². The Morgan fingerprint density at radius 2 is 1.06 bits per heavy atom. The van der Waals surface area contributed by atoms with E-state index in [2.05, 4.69) is 181 Å². The van der Waals surface area contributed by atoms with Gasteiger partial charge in [0.15, 0.2) is 0 Å². The second-order valence-electron chi connectivity index (χ2n) is 12.8. The van der Waals surface area contributed by atoms with Gasteiger partial charge in [-0.2, -0.15) is 0 Å². The van der Waals surface area contributed by atoms with Crippen molar-refractivity contribution >= 4 is 71.4 Å². The fourth-order valence-corrected chi connectivity index (χ4v) is 7.53. The van der Waals surface area contributed by atoms with E-state index in [9.17, 15) is 0 Å². The molecule has 0 radical (unpaired) electrons. The van der Waals surface area contributed by atoms with Crippen LogP contribution in [0.3, 0.4) is 0 Å². The lowest BCUT2D eigenvalue weighted by Gasteiger charge is -2.28. The summed E-state index contributed by atoms with van der Waals surface area (Å²) in [7, 11) is 0. The first kappa shape index (κ1) is 28.3. The zero-order valence-corrected chi connectivity index (χ0v) is 27.1. The van der Waals surface area contributed by atoms with Gasteiger partial charge in [0.1, 0.15) is 5.58 Å². The highest BCUT2D eigenvalue weighted by molar-refractivity contribution is 6.19. The average molecular weight is 639 g/mol. The summed E-state index contributed by atoms with van der Waals surface area (Å²) in [5.74, 6) is 0. The first-order chi connectivity index (χ1) is 24.8. The summed E-state index contributed by atoms with van der Waals surface area (Å²) in [6, 6.07) is 62.8. The molecule has 50 heavy (non-hydrogen) atoms. The molecule has 0 unspecified atom stereocenters. The molecule has 8 aromatic carbocycles. The second kappa shape index (κ2) is 11.5. The number of rotatable bonds is 5. The van der Waals surface area contributed by atoms with Crippen LogP contribution in [0.1, 0.15) is 0 Å². The van der Waals surface area contributed by atoms with Gasteiger partial charge < -0.3 is 9.32 Å². The molecule has 234 valence electrons. The highest BCUT2D eigenvalue weighted by Gasteiger charge is 2.23. The normalized spacial score (nSPS) is 11.6. The van der Waals surface area contributed by atoms with Crippen molar-refractivity contribution in [2.24, 2.45) is 0 Å². The van der Waals surface area contributed by atoms with Gasteiger partial charge in [0.05, 0.1) is 16.8 Å². The van der Waals surface area contributed by atoms with Gasteiger partial charge in [0.2, 0.25) is 5.71 Å². The molecule has 0 saturated heterocycles. The molecule has 0 spiro atoms. The highest BCUT2D eigenvalue weighted by Crippen LogP contribution is 2.47. The van der Waals surface area contributed by atoms with E-state index in [1.165, 1.54) is 38.2 Å². The highest BCUT2D eigenvalue weighted by atomic mass is 16.3. The summed E-state index contributed by atoms with van der Waals surface area (Å²) in [5, 5.41) is 9.16. The van der Waals surface area contributed by atoms with Crippen molar-refractivity contribution in [2.45, 2.75) is 0 Å². The number of fused-ring (bicyclic) bond motifs is 7. The number of benzene rings is 8. The molecule has 0 N–H and O–H groups in total. The molecule has 0 bridgehead atoms. The number of anilines is 3. The van der Waals surface area contributed by atoms with Crippen LogP contribution >= 0.6 is 0 Å². The quantitative estimate of drug-likeness (QED) is 0.188. The number of pyridine rings is 1. The SMILES string of the molecule is c1ccc(N(c2ccc(-c3ccc4ccccc4c3)cc2)c2ccnc3oc4c5ccccc5ccc4c23)c(-c2cccc3ccccc23)c1. The molecule has 0 aliphatic rings. The van der Waals surface area contributed by atoms with Crippen molar-refractivity contribution in [3.63, 3.8) is 0 Å². The van der Waals surface area contributed by atoms with Gasteiger partial charge >= 0.3 is 0 Å². The minimum Gasteiger partial charge on any atom is -0.437 e. The number of furan rings is 1. The number of nitrogens with zero attached hydrogens (tertiary/aromatic N) is 2. The molecule has 2 heterocycles. The maximum atomic E-state index is 6.58. The van der Waals surface area contributed by atoms with Crippen LogP contribution in [0.5, 0.6) is 0 Å². The molecule has 0 atom stereocenters. The largest absolute Gasteiger partial charge is 0.437 e. The molecule has 3 nitrogen and oxygen atoms in total. The Morgan fingerprint density at radius 3 is 1.92 bits per heavy atom. The molecule has 0 aliphatic carbocycles. The molecule has 3 heteroatoms. The molecule has 10 aromatic rings. The Morgan fingerprint density at radius 1 is 0.420 bits per heavy atom. The smallest absolute Gasteiger partial charge is 0.229 e. The maximum absolute atomic E-state index is 6.58. The Labute approximate surface area is 289 Å². The van der Waals surface area contributed by atoms with Crippen molar-refractivity contribution in [2.75, 3.05) is 4.90 Å². The molecule has 0 aliphatic heterocycles. The fourth-order valence-electron chi connectivity index (χ4n) is 7.53. The minimum absolute atomic E-state index is 0.620. The van der Waals surface area contributed by atoms with Gasteiger partial charge in [-0.3, -0.25) is 0 Å². The van der Waals surface area contributed by atoms with E-state index < -0.39 is 0 Å². The average Bonchev–Trinajstić information content (AvgIpc) is 3.58. The first-order valence-corrected chi connectivity index (χ1v) is 17.0. The summed E-state index contributed by atoms with van der Waals surface area (Å²) in [5.41, 5.74) is 9.29. The van der Waals surface area contributed by atoms with E-state index in [1.807, 2.05) is 6.20 Å². The third-order valence-electron chi connectivity index (χ3n) is 9.92. The van der Waals surface area contributed by atoms with Crippen LogP contribution in [0.15, 0.2) is 187 Å². The molecule has 2 aromatic heterocycles. The number of hydrogen-bond donors (Lipinski definition) is 0. The Hall–Kier alpha value is -6.71. The second-order valence-corrected chi connectivity index (χ2v) is 12.8. The minimum atomic E-state index is 0.620. The van der Waals surface area contributed by atoms with Crippen LogP contribution in [0.25, 0.3) is 76.6 Å². The monoisotopic (exact) mass is 638 g/mol. The van der Waals surface area contributed by atoms with Crippen LogP contribution in [0, 0.1) is 0 Å². The zero-order valence-electron chi connectivity index (χ0n) is 27.1. The van der Waals surface area contributed by atoms with Crippen molar-refractivity contribution in [1.82, 2.24) is 4.98 Å². The molecular weight excluding hydrogens is 609 g/mol. The number of hydrogen-bond acceptors (Lipinski definition) is 3. The summed E-state index contributed by atoms with van der Waals surface area (Å²) < 4.78 is 6.58. The van der Waals surface area contributed by atoms with Gasteiger partial charge in [-0.15, -0.1) is 0 Å². The predicted octanol–water partition coefficient (Wildman–Crippen LogP) is 13.2. The maximum Gasteiger partial charge on any atom is 0.229 e. The van der Waals surface area contributed by atoms with Crippen LogP contribution in [-0.4, -0.2) is 4.98 Å². The molecular formula is C47H30N2O. The zero-order chi connectivity index (χ0) is 33.0. The predicted molar refractivity (Wildman–Crippen MR) is 210 cm³/mol. The molecule has 0 amide bonds. The van der Waals surface area contributed by atoms with Crippen LogP contribution in [-0.2, 0) is 0 Å². The van der Waals surface area contributed by atoms with E-state index >= 15 is 0 Å². The van der Waals surface area contributed by atoms with Crippen LogP contribution < -0.4 is 4.90 Å². The summed E-state index contributed by atoms with van der Waals surface area (Å²) in [6.07, 6.45) is 1.86. The lowest BCUT2D eigenvalue weighted by atomic mass is 9.95. The van der Waals surface area contributed by atoms with E-state index in [0.717, 1.165) is 49.8 Å². The van der Waals surface area contributed by atoms with Crippen LogP contribution in [0.2, 0.25) is 0 Å². The third kappa shape index (κ3) is 4.56. The third-order valence-corrected chi connectivity index (χ3v) is 9.92. The van der Waals surface area contributed by atoms with Gasteiger partial charge in [-0.1, -0.05) is 140 Å². The van der Waals surface area contributed by atoms with Gasteiger partial charge in [-0.25, -0.2) is 4.98 Å². The molecule has 0 fully saturated rings. The lowest BCUT2D eigenvalue weighted by molar-refractivity contribution is 0.657. The van der Waals surface area contributed by atoms with E-state index in [1.54, 1.807) is 0 Å². The standard InChI is InChI=1S/C47H30N2O/c1-2-13-35-30-36(21-20-31(35)10-1)32-22-25-37(26-23-32)49(43-19-8-7-17-41(43)40-18-9-14-33-11-3-5-15-38(33)40)44-28-29-48-47-45(44)42-27-24-34-12-4-6-16-39(34)46(42)50-47/h1-30H. The number of para-hydroxylation sites is 1. The Bertz CT molecular complexity index is 2880. The Kier molecular flexibility index (Phi) is 6.49. The Balaban J connectivity index is 1.22. The lowest BCUT2D eigenvalue weighted by Crippen LogP contribution is -2.12. The summed E-state index contributed by atoms with van der Waals surface area (Å²) in [6.45, 7) is 0. The topological polar surface area (TPSA) is 29.3 Å². The van der Waals surface area contributed by atoms with Crippen molar-refractivity contribution < 1.29 is 4.42 Å². The van der Waals surface area contributed by atoms with Crippen molar-refractivity contribution in [1.29, 1.82) is 0 Å². The van der Waals surface area contributed by atoms with E-state index in [-0.39, 0.29) is 0 Å². The van der Waals surface area contributed by atoms with E-state index in [4.69, 9.17) is 9.40 Å². The molecule has 10 rings (SSSR count). The van der Waals surface area contributed by atoms with Crippen LogP contribution in [0.4, 0.5) is 17.1 Å². The number of aromatic nitrogens is 1. The van der Waals surface area contributed by atoms with Crippen molar-refractivity contribution in [3.8, 4) is 22.3 Å². The first-order valence-electron chi connectivity index (χ1n) is 17.0. The van der Waals surface area contributed by atoms with Crippen molar-refractivity contribution in [3.05, 3.63) is 182 Å². The summed E-state index contributed by atoms with van der Waals surface area (Å²) >= 11 is 0. The van der Waals surface area contributed by atoms with Gasteiger partial charge in [0, 0.05) is 28.2 Å². The molecule has 0 saturated carbocycles.